The number of hydrogen-bond donors (Lipinski definition) is 1. The number of nitrogens with one attached hydrogen (secondary N) is 1. The van der Waals surface area contributed by atoms with Crippen LogP contribution in [0.25, 0.3) is 0 Å². The van der Waals surface area contributed by atoms with Crippen LogP contribution in [0.1, 0.15) is 22.6 Å². The standard InChI is InChI=1S/C22H13N3O3.CHNO/c26-13-23-19-7-1-16(2-8-19)22(17-3-9-20(10-4-17)24-14-27)18-5-11-21(12-6-18)25-15-28;2-1-3/h1-12,22H;2H. The Morgan fingerprint density at radius 3 is 0.935 bits per heavy atom. The summed E-state index contributed by atoms with van der Waals surface area (Å²) in [5, 5.41) is 5.40. The van der Waals surface area contributed by atoms with Crippen molar-refractivity contribution in [1.29, 1.82) is 5.41 Å². The maximum Gasteiger partial charge on any atom is 0.240 e. The number of rotatable bonds is 6. The molecule has 0 aromatic heterocycles. The van der Waals surface area contributed by atoms with Crippen molar-refractivity contribution in [2.75, 3.05) is 0 Å². The van der Waals surface area contributed by atoms with Gasteiger partial charge < -0.3 is 0 Å². The lowest BCUT2D eigenvalue weighted by Crippen LogP contribution is -2.03. The van der Waals surface area contributed by atoms with Gasteiger partial charge in [0, 0.05) is 5.92 Å². The Hall–Kier alpha value is -4.82. The molecule has 0 spiro atoms. The van der Waals surface area contributed by atoms with Gasteiger partial charge in [-0.15, -0.1) is 0 Å². The first-order valence-corrected chi connectivity index (χ1v) is 8.74. The highest BCUT2D eigenvalue weighted by molar-refractivity contribution is 5.55. The van der Waals surface area contributed by atoms with E-state index >= 15 is 0 Å². The summed E-state index contributed by atoms with van der Waals surface area (Å²) in [7, 11) is 0. The van der Waals surface area contributed by atoms with Crippen LogP contribution in [0.3, 0.4) is 0 Å². The molecule has 3 aromatic carbocycles. The molecule has 0 saturated heterocycles. The van der Waals surface area contributed by atoms with Crippen LogP contribution in [-0.4, -0.2) is 24.3 Å². The fourth-order valence-electron chi connectivity index (χ4n) is 2.96. The zero-order valence-corrected chi connectivity index (χ0v) is 16.0. The summed E-state index contributed by atoms with van der Waals surface area (Å²) in [6, 6.07) is 21.7. The van der Waals surface area contributed by atoms with Gasteiger partial charge in [-0.05, 0) is 53.1 Å². The van der Waals surface area contributed by atoms with Crippen molar-refractivity contribution in [2.24, 2.45) is 15.0 Å². The number of benzene rings is 3. The summed E-state index contributed by atoms with van der Waals surface area (Å²) in [6.45, 7) is 0. The normalized spacial score (nSPS) is 9.94. The van der Waals surface area contributed by atoms with Crippen LogP contribution in [0.2, 0.25) is 0 Å². The van der Waals surface area contributed by atoms with Crippen molar-refractivity contribution in [2.45, 2.75) is 5.92 Å². The minimum atomic E-state index is -0.127. The van der Waals surface area contributed by atoms with E-state index in [1.165, 1.54) is 18.2 Å². The van der Waals surface area contributed by atoms with Crippen LogP contribution >= 0.6 is 0 Å². The van der Waals surface area contributed by atoms with Crippen molar-refractivity contribution in [3.63, 3.8) is 0 Å². The van der Waals surface area contributed by atoms with Crippen LogP contribution in [0.5, 0.6) is 0 Å². The first-order valence-electron chi connectivity index (χ1n) is 8.74. The highest BCUT2D eigenvalue weighted by Crippen LogP contribution is 2.34. The molecule has 0 aliphatic heterocycles. The van der Waals surface area contributed by atoms with Crippen molar-refractivity contribution in [3.8, 4) is 0 Å². The molecule has 8 nitrogen and oxygen atoms in total. The number of nitrogens with zero attached hydrogens (tertiary/aromatic N) is 3. The van der Waals surface area contributed by atoms with E-state index in [9.17, 15) is 14.4 Å². The minimum Gasteiger partial charge on any atom is -0.222 e. The lowest BCUT2D eigenvalue weighted by atomic mass is 9.85. The average molecular weight is 410 g/mol. The molecule has 0 bridgehead atoms. The summed E-state index contributed by atoms with van der Waals surface area (Å²) in [5.41, 5.74) is 4.48. The molecule has 3 rings (SSSR count). The maximum absolute atomic E-state index is 10.4. The van der Waals surface area contributed by atoms with Gasteiger partial charge in [0.25, 0.3) is 0 Å². The number of hydrogen-bond acceptors (Lipinski definition) is 8. The van der Waals surface area contributed by atoms with E-state index in [0.29, 0.717) is 17.1 Å². The number of aliphatic imine (C=N–C) groups is 3. The first-order chi connectivity index (χ1) is 15.2. The smallest absolute Gasteiger partial charge is 0.222 e. The molecular formula is C23H14N4O4. The summed E-state index contributed by atoms with van der Waals surface area (Å²) in [4.78, 5) is 50.5. The van der Waals surface area contributed by atoms with E-state index < -0.39 is 0 Å². The average Bonchev–Trinajstić information content (AvgIpc) is 2.79. The van der Waals surface area contributed by atoms with Crippen LogP contribution in [0.4, 0.5) is 17.1 Å². The minimum absolute atomic E-state index is 0.127. The summed E-state index contributed by atoms with van der Waals surface area (Å²) < 4.78 is 0. The topological polar surface area (TPSA) is 129 Å². The van der Waals surface area contributed by atoms with Crippen molar-refractivity contribution < 1.29 is 19.2 Å². The first kappa shape index (κ1) is 22.5. The molecule has 1 N–H and O–H groups in total. The fourth-order valence-corrected chi connectivity index (χ4v) is 2.96. The van der Waals surface area contributed by atoms with Crippen molar-refractivity contribution >= 4 is 41.4 Å². The van der Waals surface area contributed by atoms with Gasteiger partial charge in [-0.3, -0.25) is 0 Å². The molecule has 0 aliphatic carbocycles. The van der Waals surface area contributed by atoms with Crippen LogP contribution in [0, 0.1) is 5.41 Å². The molecule has 0 radical (unpaired) electrons. The Bertz CT molecular complexity index is 1050. The molecular weight excluding hydrogens is 396 g/mol. The molecule has 0 amide bonds. The Balaban J connectivity index is 0.00000107. The molecule has 0 unspecified atom stereocenters. The predicted octanol–water partition coefficient (Wildman–Crippen LogP) is 4.67. The van der Waals surface area contributed by atoms with Gasteiger partial charge in [-0.1, -0.05) is 36.4 Å². The van der Waals surface area contributed by atoms with Gasteiger partial charge in [0.15, 0.2) is 0 Å². The van der Waals surface area contributed by atoms with E-state index in [0.717, 1.165) is 22.8 Å². The Kier molecular flexibility index (Phi) is 8.62. The zero-order valence-electron chi connectivity index (χ0n) is 16.0. The SMILES string of the molecule is N=C=O.O=C=Nc1ccc(C(c2ccc(N=C=O)cc2)c2ccc(N=C=O)cc2)cc1. The van der Waals surface area contributed by atoms with Crippen LogP contribution in [-0.2, 0) is 19.2 Å². The van der Waals surface area contributed by atoms with Gasteiger partial charge in [0.2, 0.25) is 24.3 Å². The second kappa shape index (κ2) is 11.9. The van der Waals surface area contributed by atoms with Crippen LogP contribution in [0.15, 0.2) is 87.8 Å². The lowest BCUT2D eigenvalue weighted by molar-refractivity contribution is 0.562. The molecule has 0 atom stereocenters. The molecule has 0 saturated carbocycles. The van der Waals surface area contributed by atoms with Crippen LogP contribution < -0.4 is 0 Å². The maximum atomic E-state index is 10.4. The van der Waals surface area contributed by atoms with E-state index in [4.69, 9.17) is 10.2 Å². The molecule has 8 heteroatoms. The molecule has 3 aromatic rings. The van der Waals surface area contributed by atoms with E-state index in [-0.39, 0.29) is 5.92 Å². The third-order valence-electron chi connectivity index (χ3n) is 4.20. The second-order valence-electron chi connectivity index (χ2n) is 5.92. The highest BCUT2D eigenvalue weighted by atomic mass is 16.1. The van der Waals surface area contributed by atoms with E-state index in [1.54, 1.807) is 36.4 Å². The molecule has 0 aliphatic rings. The molecule has 31 heavy (non-hydrogen) atoms. The van der Waals surface area contributed by atoms with E-state index in [2.05, 4.69) is 15.0 Å². The monoisotopic (exact) mass is 410 g/mol. The second-order valence-corrected chi connectivity index (χ2v) is 5.92. The summed E-state index contributed by atoms with van der Waals surface area (Å²) in [6.07, 6.45) is 5.32. The summed E-state index contributed by atoms with van der Waals surface area (Å²) in [5.74, 6) is -0.127. The molecule has 0 heterocycles. The summed E-state index contributed by atoms with van der Waals surface area (Å²) >= 11 is 0. The highest BCUT2D eigenvalue weighted by Gasteiger charge is 2.17. The van der Waals surface area contributed by atoms with Gasteiger partial charge in [-0.25, -0.2) is 24.6 Å². The van der Waals surface area contributed by atoms with Crippen molar-refractivity contribution in [1.82, 2.24) is 0 Å². The molecule has 150 valence electrons. The van der Waals surface area contributed by atoms with Gasteiger partial charge in [0.05, 0.1) is 17.1 Å². The Morgan fingerprint density at radius 2 is 0.742 bits per heavy atom. The fraction of sp³-hybridized carbons (Fsp3) is 0.0435. The van der Waals surface area contributed by atoms with Gasteiger partial charge >= 0.3 is 0 Å². The van der Waals surface area contributed by atoms with E-state index in [1.807, 2.05) is 36.4 Å². The largest absolute Gasteiger partial charge is 0.240 e. The Labute approximate surface area is 176 Å². The third kappa shape index (κ3) is 6.34. The van der Waals surface area contributed by atoms with Gasteiger partial charge in [-0.2, -0.15) is 15.0 Å². The third-order valence-corrected chi connectivity index (χ3v) is 4.20. The van der Waals surface area contributed by atoms with Crippen molar-refractivity contribution in [3.05, 3.63) is 89.5 Å². The number of carbonyl (C=O) groups excluding carboxylic acids is 4. The van der Waals surface area contributed by atoms with Gasteiger partial charge in [0.1, 0.15) is 0 Å². The number of isocyanates is 4. The predicted molar refractivity (Wildman–Crippen MR) is 112 cm³/mol. The Morgan fingerprint density at radius 1 is 0.516 bits per heavy atom. The quantitative estimate of drug-likeness (QED) is 0.359. The molecule has 0 fully saturated rings. The lowest BCUT2D eigenvalue weighted by Gasteiger charge is -2.19. The zero-order chi connectivity index (χ0) is 22.5.